The molecule has 0 aromatic heterocycles. The third-order valence-corrected chi connectivity index (χ3v) is 6.57. The third-order valence-electron chi connectivity index (χ3n) is 4.66. The molecule has 0 radical (unpaired) electrons. The van der Waals surface area contributed by atoms with Crippen molar-refractivity contribution >= 4 is 15.9 Å². The summed E-state index contributed by atoms with van der Waals surface area (Å²) in [6.07, 6.45) is 0. The van der Waals surface area contributed by atoms with E-state index in [2.05, 4.69) is 5.32 Å². The fourth-order valence-electron chi connectivity index (χ4n) is 2.96. The van der Waals surface area contributed by atoms with Crippen molar-refractivity contribution in [2.75, 3.05) is 32.8 Å². The number of carbonyl (C=O) groups excluding carboxylic acids is 1. The van der Waals surface area contributed by atoms with Crippen LogP contribution >= 0.6 is 0 Å². The number of nitrogens with zero attached hydrogens (tertiary/aromatic N) is 1. The van der Waals surface area contributed by atoms with Crippen molar-refractivity contribution in [1.82, 2.24) is 9.62 Å². The van der Waals surface area contributed by atoms with Gasteiger partial charge in [-0.3, -0.25) is 4.79 Å². The summed E-state index contributed by atoms with van der Waals surface area (Å²) >= 11 is 0. The molecule has 2 aromatic rings. The van der Waals surface area contributed by atoms with E-state index >= 15 is 0 Å². The molecule has 1 N–H and O–H groups in total. The van der Waals surface area contributed by atoms with Crippen LogP contribution in [0.4, 0.5) is 0 Å². The number of morpholine rings is 1. The molecule has 1 saturated heterocycles. The average molecular weight is 388 g/mol. The van der Waals surface area contributed by atoms with Crippen LogP contribution in [0.1, 0.15) is 28.8 Å². The second-order valence-corrected chi connectivity index (χ2v) is 8.50. The Bertz CT molecular complexity index is 861. The lowest BCUT2D eigenvalue weighted by atomic mass is 10.0. The van der Waals surface area contributed by atoms with E-state index in [0.29, 0.717) is 38.4 Å². The van der Waals surface area contributed by atoms with Gasteiger partial charge in [-0.15, -0.1) is 0 Å². The Morgan fingerprint density at radius 1 is 1.07 bits per heavy atom. The van der Waals surface area contributed by atoms with Gasteiger partial charge in [-0.1, -0.05) is 37.3 Å². The van der Waals surface area contributed by atoms with Crippen LogP contribution < -0.4 is 5.32 Å². The highest BCUT2D eigenvalue weighted by Gasteiger charge is 2.26. The molecule has 1 aliphatic heterocycles. The zero-order chi connectivity index (χ0) is 19.3. The molecule has 27 heavy (non-hydrogen) atoms. The predicted octanol–water partition coefficient (Wildman–Crippen LogP) is 2.24. The maximum atomic E-state index is 12.6. The molecule has 6 nitrogen and oxygen atoms in total. The summed E-state index contributed by atoms with van der Waals surface area (Å²) in [5.74, 6) is -0.0239. The van der Waals surface area contributed by atoms with Gasteiger partial charge in [0.2, 0.25) is 10.0 Å². The molecule has 0 aliphatic carbocycles. The van der Waals surface area contributed by atoms with Crippen LogP contribution in [0, 0.1) is 0 Å². The first-order valence-electron chi connectivity index (χ1n) is 8.99. The van der Waals surface area contributed by atoms with Crippen LogP contribution in [-0.4, -0.2) is 51.5 Å². The predicted molar refractivity (Wildman–Crippen MR) is 103 cm³/mol. The first-order valence-corrected chi connectivity index (χ1v) is 10.4. The van der Waals surface area contributed by atoms with Crippen molar-refractivity contribution in [3.05, 3.63) is 65.7 Å². The van der Waals surface area contributed by atoms with Crippen LogP contribution in [0.3, 0.4) is 0 Å². The molecule has 7 heteroatoms. The Labute approximate surface area is 160 Å². The van der Waals surface area contributed by atoms with E-state index in [9.17, 15) is 13.2 Å². The number of nitrogens with one attached hydrogen (secondary N) is 1. The standard InChI is InChI=1S/C20H24N2O4S/c1-16(17-5-3-2-4-6-17)15-21-20(23)18-7-9-19(10-8-18)27(24,25)22-11-13-26-14-12-22/h2-10,16H,11-15H2,1H3,(H,21,23)/t16-/m1/s1. The molecule has 1 heterocycles. The summed E-state index contributed by atoms with van der Waals surface area (Å²) in [5.41, 5.74) is 1.60. The number of ether oxygens (including phenoxy) is 1. The molecule has 0 unspecified atom stereocenters. The van der Waals surface area contributed by atoms with Gasteiger partial charge in [0.1, 0.15) is 0 Å². The minimum Gasteiger partial charge on any atom is -0.379 e. The summed E-state index contributed by atoms with van der Waals surface area (Å²) < 4.78 is 31.8. The Morgan fingerprint density at radius 3 is 2.33 bits per heavy atom. The van der Waals surface area contributed by atoms with Gasteiger partial charge in [-0.2, -0.15) is 4.31 Å². The van der Waals surface area contributed by atoms with E-state index < -0.39 is 10.0 Å². The van der Waals surface area contributed by atoms with Crippen LogP contribution in [0.2, 0.25) is 0 Å². The third kappa shape index (κ3) is 4.74. The SMILES string of the molecule is C[C@H](CNC(=O)c1ccc(S(=O)(=O)N2CCOCC2)cc1)c1ccccc1. The zero-order valence-electron chi connectivity index (χ0n) is 15.3. The fraction of sp³-hybridized carbons (Fsp3) is 0.350. The van der Waals surface area contributed by atoms with Crippen LogP contribution in [0.5, 0.6) is 0 Å². The number of carbonyl (C=O) groups is 1. The van der Waals surface area contributed by atoms with Gasteiger partial charge in [0, 0.05) is 25.2 Å². The van der Waals surface area contributed by atoms with Crippen molar-refractivity contribution < 1.29 is 17.9 Å². The van der Waals surface area contributed by atoms with Crippen molar-refractivity contribution in [1.29, 1.82) is 0 Å². The first-order chi connectivity index (χ1) is 13.0. The highest BCUT2D eigenvalue weighted by atomic mass is 32.2. The molecule has 1 atom stereocenters. The van der Waals surface area contributed by atoms with Crippen molar-refractivity contribution in [2.24, 2.45) is 0 Å². The second-order valence-electron chi connectivity index (χ2n) is 6.56. The number of rotatable bonds is 6. The maximum Gasteiger partial charge on any atom is 0.251 e. The van der Waals surface area contributed by atoms with Gasteiger partial charge in [0.05, 0.1) is 18.1 Å². The highest BCUT2D eigenvalue weighted by molar-refractivity contribution is 7.89. The Kier molecular flexibility index (Phi) is 6.26. The Morgan fingerprint density at radius 2 is 1.70 bits per heavy atom. The summed E-state index contributed by atoms with van der Waals surface area (Å²) in [7, 11) is -3.54. The quantitative estimate of drug-likeness (QED) is 0.824. The molecule has 1 amide bonds. The summed E-state index contributed by atoms with van der Waals surface area (Å²) in [6.45, 7) is 4.06. The van der Waals surface area contributed by atoms with Crippen LogP contribution in [0.25, 0.3) is 0 Å². The van der Waals surface area contributed by atoms with Crippen molar-refractivity contribution in [2.45, 2.75) is 17.7 Å². The average Bonchev–Trinajstić information content (AvgIpc) is 2.73. The minimum absolute atomic E-state index is 0.191. The maximum absolute atomic E-state index is 12.6. The second kappa shape index (κ2) is 8.65. The zero-order valence-corrected chi connectivity index (χ0v) is 16.1. The summed E-state index contributed by atoms with van der Waals surface area (Å²) in [6, 6.07) is 16.0. The van der Waals surface area contributed by atoms with Gasteiger partial charge < -0.3 is 10.1 Å². The van der Waals surface area contributed by atoms with Gasteiger partial charge in [0.25, 0.3) is 5.91 Å². The van der Waals surface area contributed by atoms with Crippen molar-refractivity contribution in [3.8, 4) is 0 Å². The van der Waals surface area contributed by atoms with Gasteiger partial charge in [0.15, 0.2) is 0 Å². The van der Waals surface area contributed by atoms with E-state index in [0.717, 1.165) is 5.56 Å². The summed E-state index contributed by atoms with van der Waals surface area (Å²) in [4.78, 5) is 12.5. The highest BCUT2D eigenvalue weighted by Crippen LogP contribution is 2.18. The number of hydrogen-bond acceptors (Lipinski definition) is 4. The number of sulfonamides is 1. The first kappa shape index (κ1) is 19.5. The number of hydrogen-bond donors (Lipinski definition) is 1. The molecule has 0 bridgehead atoms. The van der Waals surface area contributed by atoms with Crippen LogP contribution in [-0.2, 0) is 14.8 Å². The molecule has 3 rings (SSSR count). The molecule has 2 aromatic carbocycles. The fourth-order valence-corrected chi connectivity index (χ4v) is 4.37. The number of amides is 1. The molecule has 1 aliphatic rings. The van der Waals surface area contributed by atoms with E-state index in [1.807, 2.05) is 37.3 Å². The minimum atomic E-state index is -3.54. The Hall–Kier alpha value is -2.22. The van der Waals surface area contributed by atoms with E-state index in [1.165, 1.54) is 16.4 Å². The van der Waals surface area contributed by atoms with E-state index in [4.69, 9.17) is 4.74 Å². The molecule has 0 saturated carbocycles. The largest absolute Gasteiger partial charge is 0.379 e. The lowest BCUT2D eigenvalue weighted by molar-refractivity contribution is 0.0730. The molecule has 144 valence electrons. The molecular formula is C20H24N2O4S. The van der Waals surface area contributed by atoms with Gasteiger partial charge >= 0.3 is 0 Å². The Balaban J connectivity index is 1.62. The lowest BCUT2D eigenvalue weighted by Crippen LogP contribution is -2.40. The summed E-state index contributed by atoms with van der Waals surface area (Å²) in [5, 5.41) is 2.90. The van der Waals surface area contributed by atoms with Crippen LogP contribution in [0.15, 0.2) is 59.5 Å². The number of benzene rings is 2. The normalized spacial score (nSPS) is 16.6. The van der Waals surface area contributed by atoms with Gasteiger partial charge in [-0.25, -0.2) is 8.42 Å². The molecular weight excluding hydrogens is 364 g/mol. The van der Waals surface area contributed by atoms with E-state index in [1.54, 1.807) is 12.1 Å². The lowest BCUT2D eigenvalue weighted by Gasteiger charge is -2.26. The smallest absolute Gasteiger partial charge is 0.251 e. The van der Waals surface area contributed by atoms with Gasteiger partial charge in [-0.05, 0) is 35.7 Å². The molecule has 1 fully saturated rings. The van der Waals surface area contributed by atoms with Crippen molar-refractivity contribution in [3.63, 3.8) is 0 Å². The topological polar surface area (TPSA) is 75.7 Å². The molecule has 0 spiro atoms. The monoisotopic (exact) mass is 388 g/mol. The van der Waals surface area contributed by atoms with E-state index in [-0.39, 0.29) is 16.7 Å².